The van der Waals surface area contributed by atoms with Gasteiger partial charge in [-0.1, -0.05) is 13.8 Å². The van der Waals surface area contributed by atoms with Crippen molar-refractivity contribution in [3.05, 3.63) is 18.1 Å². The zero-order valence-corrected chi connectivity index (χ0v) is 11.2. The molecule has 0 bridgehead atoms. The van der Waals surface area contributed by atoms with Gasteiger partial charge in [0, 0.05) is 31.4 Å². The van der Waals surface area contributed by atoms with Crippen molar-refractivity contribution in [2.24, 2.45) is 5.92 Å². The summed E-state index contributed by atoms with van der Waals surface area (Å²) in [5.41, 5.74) is 1.17. The van der Waals surface area contributed by atoms with Gasteiger partial charge in [-0.2, -0.15) is 0 Å². The van der Waals surface area contributed by atoms with Crippen molar-refractivity contribution in [2.45, 2.75) is 20.4 Å². The van der Waals surface area contributed by atoms with E-state index in [1.807, 2.05) is 6.20 Å². The van der Waals surface area contributed by atoms with Gasteiger partial charge in [-0.05, 0) is 12.5 Å². The average molecular weight is 250 g/mol. The van der Waals surface area contributed by atoms with E-state index in [1.54, 1.807) is 6.33 Å². The summed E-state index contributed by atoms with van der Waals surface area (Å²) in [6, 6.07) is 0. The number of hydrogen-bond donors (Lipinski definition) is 1. The molecule has 1 aliphatic rings. The van der Waals surface area contributed by atoms with Crippen LogP contribution in [0, 0.1) is 5.92 Å². The first-order valence-electron chi connectivity index (χ1n) is 6.59. The molecule has 1 aromatic rings. The lowest BCUT2D eigenvalue weighted by Gasteiger charge is -2.29. The van der Waals surface area contributed by atoms with E-state index in [1.165, 1.54) is 5.56 Å². The average Bonchev–Trinajstić information content (AvgIpc) is 2.40. The maximum atomic E-state index is 5.37. The molecule has 5 heteroatoms. The Bertz CT molecular complexity index is 364. The lowest BCUT2D eigenvalue weighted by atomic mass is 10.2. The molecule has 0 amide bonds. The summed E-state index contributed by atoms with van der Waals surface area (Å²) in [4.78, 5) is 10.8. The Labute approximate surface area is 109 Å². The van der Waals surface area contributed by atoms with Crippen molar-refractivity contribution >= 4 is 5.82 Å². The summed E-state index contributed by atoms with van der Waals surface area (Å²) >= 11 is 0. The molecule has 2 rings (SSSR count). The van der Waals surface area contributed by atoms with Crippen LogP contribution in [0.25, 0.3) is 0 Å². The second-order valence-electron chi connectivity index (χ2n) is 5.00. The number of aromatic nitrogens is 2. The van der Waals surface area contributed by atoms with Crippen LogP contribution in [0.3, 0.4) is 0 Å². The molecule has 0 atom stereocenters. The van der Waals surface area contributed by atoms with Crippen LogP contribution in [0.15, 0.2) is 12.5 Å². The highest BCUT2D eigenvalue weighted by Gasteiger charge is 2.15. The molecule has 1 fully saturated rings. The number of nitrogens with one attached hydrogen (secondary N) is 1. The third kappa shape index (κ3) is 3.65. The van der Waals surface area contributed by atoms with Gasteiger partial charge in [0.1, 0.15) is 12.1 Å². The summed E-state index contributed by atoms with van der Waals surface area (Å²) < 4.78 is 5.37. The highest BCUT2D eigenvalue weighted by atomic mass is 16.5. The first-order valence-corrected chi connectivity index (χ1v) is 6.59. The molecule has 1 N–H and O–H groups in total. The second-order valence-corrected chi connectivity index (χ2v) is 5.00. The first kappa shape index (κ1) is 13.2. The van der Waals surface area contributed by atoms with Gasteiger partial charge < -0.3 is 15.0 Å². The van der Waals surface area contributed by atoms with Gasteiger partial charge in [-0.25, -0.2) is 9.97 Å². The molecule has 5 nitrogen and oxygen atoms in total. The van der Waals surface area contributed by atoms with Crippen molar-refractivity contribution in [1.29, 1.82) is 0 Å². The SMILES string of the molecule is CC(C)CNCc1cncnc1N1CCOCC1. The summed E-state index contributed by atoms with van der Waals surface area (Å²) in [6.07, 6.45) is 3.53. The van der Waals surface area contributed by atoms with Gasteiger partial charge in [-0.3, -0.25) is 0 Å². The molecule has 2 heterocycles. The van der Waals surface area contributed by atoms with Gasteiger partial charge >= 0.3 is 0 Å². The molecular formula is C13H22N4O. The number of nitrogens with zero attached hydrogens (tertiary/aromatic N) is 3. The Balaban J connectivity index is 2.00. The molecule has 1 aliphatic heterocycles. The summed E-state index contributed by atoms with van der Waals surface area (Å²) in [5.74, 6) is 1.70. The molecule has 0 spiro atoms. The maximum Gasteiger partial charge on any atom is 0.136 e. The summed E-state index contributed by atoms with van der Waals surface area (Å²) in [6.45, 7) is 9.63. The van der Waals surface area contributed by atoms with E-state index in [2.05, 4.69) is 34.0 Å². The molecule has 18 heavy (non-hydrogen) atoms. The zero-order chi connectivity index (χ0) is 12.8. The molecule has 0 aromatic carbocycles. The monoisotopic (exact) mass is 250 g/mol. The van der Waals surface area contributed by atoms with E-state index in [0.717, 1.165) is 45.2 Å². The van der Waals surface area contributed by atoms with Crippen LogP contribution in [-0.2, 0) is 11.3 Å². The number of morpholine rings is 1. The van der Waals surface area contributed by atoms with Crippen molar-refractivity contribution < 1.29 is 4.74 Å². The Kier molecular flexibility index (Phi) is 4.90. The molecular weight excluding hydrogens is 228 g/mol. The van der Waals surface area contributed by atoms with Gasteiger partial charge in [0.15, 0.2) is 0 Å². The van der Waals surface area contributed by atoms with Crippen LogP contribution in [0.1, 0.15) is 19.4 Å². The Morgan fingerprint density at radius 1 is 1.39 bits per heavy atom. The fourth-order valence-corrected chi connectivity index (χ4v) is 2.03. The van der Waals surface area contributed by atoms with Crippen molar-refractivity contribution in [3.8, 4) is 0 Å². The molecule has 0 radical (unpaired) electrons. The predicted octanol–water partition coefficient (Wildman–Crippen LogP) is 1.06. The fourth-order valence-electron chi connectivity index (χ4n) is 2.03. The van der Waals surface area contributed by atoms with E-state index >= 15 is 0 Å². The van der Waals surface area contributed by atoms with E-state index in [9.17, 15) is 0 Å². The lowest BCUT2D eigenvalue weighted by Crippen LogP contribution is -2.37. The number of hydrogen-bond acceptors (Lipinski definition) is 5. The second kappa shape index (κ2) is 6.66. The Morgan fingerprint density at radius 2 is 2.17 bits per heavy atom. The van der Waals surface area contributed by atoms with Gasteiger partial charge in [-0.15, -0.1) is 0 Å². The highest BCUT2D eigenvalue weighted by Crippen LogP contribution is 2.17. The van der Waals surface area contributed by atoms with Gasteiger partial charge in [0.2, 0.25) is 0 Å². The van der Waals surface area contributed by atoms with Crippen LogP contribution in [0.4, 0.5) is 5.82 Å². The van der Waals surface area contributed by atoms with E-state index in [-0.39, 0.29) is 0 Å². The van der Waals surface area contributed by atoms with Crippen LogP contribution in [0.2, 0.25) is 0 Å². The standard InChI is InChI=1S/C13H22N4O/c1-11(2)7-14-8-12-9-15-10-16-13(12)17-3-5-18-6-4-17/h9-11,14H,3-8H2,1-2H3. The molecule has 1 aromatic heterocycles. The van der Waals surface area contributed by atoms with Crippen molar-refractivity contribution in [1.82, 2.24) is 15.3 Å². The fraction of sp³-hybridized carbons (Fsp3) is 0.692. The molecule has 0 unspecified atom stereocenters. The van der Waals surface area contributed by atoms with Crippen molar-refractivity contribution in [2.75, 3.05) is 37.7 Å². The minimum atomic E-state index is 0.654. The Hall–Kier alpha value is -1.20. The van der Waals surface area contributed by atoms with Crippen LogP contribution < -0.4 is 10.2 Å². The Morgan fingerprint density at radius 3 is 2.89 bits per heavy atom. The number of anilines is 1. The molecule has 100 valence electrons. The molecule has 0 saturated carbocycles. The van der Waals surface area contributed by atoms with Gasteiger partial charge in [0.05, 0.1) is 13.2 Å². The number of rotatable bonds is 5. The summed E-state index contributed by atoms with van der Waals surface area (Å²) in [7, 11) is 0. The van der Waals surface area contributed by atoms with E-state index in [0.29, 0.717) is 5.92 Å². The van der Waals surface area contributed by atoms with E-state index < -0.39 is 0 Å². The largest absolute Gasteiger partial charge is 0.378 e. The topological polar surface area (TPSA) is 50.3 Å². The predicted molar refractivity (Wildman–Crippen MR) is 71.6 cm³/mol. The third-order valence-electron chi connectivity index (χ3n) is 2.94. The minimum Gasteiger partial charge on any atom is -0.378 e. The smallest absolute Gasteiger partial charge is 0.136 e. The molecule has 0 aliphatic carbocycles. The zero-order valence-electron chi connectivity index (χ0n) is 11.2. The summed E-state index contributed by atoms with van der Waals surface area (Å²) in [5, 5.41) is 3.44. The normalized spacial score (nSPS) is 16.3. The van der Waals surface area contributed by atoms with Crippen LogP contribution in [0.5, 0.6) is 0 Å². The lowest BCUT2D eigenvalue weighted by molar-refractivity contribution is 0.122. The first-order chi connectivity index (χ1) is 8.77. The van der Waals surface area contributed by atoms with E-state index in [4.69, 9.17) is 4.74 Å². The number of ether oxygens (including phenoxy) is 1. The van der Waals surface area contributed by atoms with Gasteiger partial charge in [0.25, 0.3) is 0 Å². The van der Waals surface area contributed by atoms with Crippen LogP contribution in [-0.4, -0.2) is 42.8 Å². The highest BCUT2D eigenvalue weighted by molar-refractivity contribution is 5.45. The minimum absolute atomic E-state index is 0.654. The maximum absolute atomic E-state index is 5.37. The third-order valence-corrected chi connectivity index (χ3v) is 2.94. The van der Waals surface area contributed by atoms with Crippen molar-refractivity contribution in [3.63, 3.8) is 0 Å². The quantitative estimate of drug-likeness (QED) is 0.847. The van der Waals surface area contributed by atoms with Crippen LogP contribution >= 0.6 is 0 Å². The molecule has 1 saturated heterocycles.